The number of rotatable bonds is 13. The first-order chi connectivity index (χ1) is 14.4. The summed E-state index contributed by atoms with van der Waals surface area (Å²) in [6.07, 6.45) is 2.13. The highest BCUT2D eigenvalue weighted by atomic mass is 16.5. The molecule has 1 rings (SSSR count). The Morgan fingerprint density at radius 2 is 1.90 bits per heavy atom. The number of hydrogen-bond acceptors (Lipinski definition) is 6. The zero-order chi connectivity index (χ0) is 22.4. The number of aliphatic hydroxyl groups is 1. The fourth-order valence-electron chi connectivity index (χ4n) is 3.07. The van der Waals surface area contributed by atoms with Crippen molar-refractivity contribution in [2.75, 3.05) is 34.0 Å². The summed E-state index contributed by atoms with van der Waals surface area (Å²) in [5.41, 5.74) is 1.16. The van der Waals surface area contributed by atoms with Crippen LogP contribution in [0.1, 0.15) is 45.6 Å². The number of benzene rings is 1. The minimum Gasteiger partial charge on any atom is -0.493 e. The molecule has 0 bridgehead atoms. The standard InChI is InChI=1S/C24H36O6/c1-6-29-24(26)13-11-21(25)10-9-20(18(2)3)16-19-8-12-22(28-5)23(17-19)30-15-7-14-27-4/h8,12,17-18,20-21,25H,6-7,9-10,14-16H2,1-5H3. The van der Waals surface area contributed by atoms with E-state index in [4.69, 9.17) is 18.9 Å². The Bertz CT molecular complexity index is 689. The fourth-order valence-corrected chi connectivity index (χ4v) is 3.07. The molecule has 0 heterocycles. The van der Waals surface area contributed by atoms with Crippen molar-refractivity contribution in [3.8, 4) is 23.3 Å². The van der Waals surface area contributed by atoms with Crippen LogP contribution >= 0.6 is 0 Å². The minimum atomic E-state index is -0.841. The van der Waals surface area contributed by atoms with Gasteiger partial charge < -0.3 is 24.1 Å². The number of methoxy groups -OCH3 is 2. The van der Waals surface area contributed by atoms with E-state index >= 15 is 0 Å². The van der Waals surface area contributed by atoms with Crippen molar-refractivity contribution in [2.24, 2.45) is 11.8 Å². The Morgan fingerprint density at radius 3 is 2.53 bits per heavy atom. The number of hydrogen-bond donors (Lipinski definition) is 1. The first kappa shape index (κ1) is 25.8. The first-order valence-electron chi connectivity index (χ1n) is 10.6. The molecule has 2 unspecified atom stereocenters. The Balaban J connectivity index is 2.72. The molecule has 0 spiro atoms. The predicted octanol–water partition coefficient (Wildman–Crippen LogP) is 3.63. The van der Waals surface area contributed by atoms with Gasteiger partial charge in [0.2, 0.25) is 0 Å². The molecule has 0 fully saturated rings. The van der Waals surface area contributed by atoms with Crippen molar-refractivity contribution in [2.45, 2.75) is 52.6 Å². The second kappa shape index (κ2) is 14.7. The third-order valence-corrected chi connectivity index (χ3v) is 4.85. The molecule has 0 aliphatic rings. The monoisotopic (exact) mass is 420 g/mol. The van der Waals surface area contributed by atoms with Gasteiger partial charge in [0.25, 0.3) is 0 Å². The van der Waals surface area contributed by atoms with Gasteiger partial charge in [-0.3, -0.25) is 0 Å². The van der Waals surface area contributed by atoms with Gasteiger partial charge in [-0.1, -0.05) is 25.8 Å². The van der Waals surface area contributed by atoms with Crippen LogP contribution in [0.5, 0.6) is 11.5 Å². The van der Waals surface area contributed by atoms with Gasteiger partial charge in [-0.2, -0.15) is 0 Å². The van der Waals surface area contributed by atoms with E-state index in [-0.39, 0.29) is 6.61 Å². The van der Waals surface area contributed by atoms with Crippen LogP contribution in [-0.4, -0.2) is 51.2 Å². The van der Waals surface area contributed by atoms with Gasteiger partial charge in [-0.05, 0) is 55.7 Å². The second-order valence-electron chi connectivity index (χ2n) is 7.47. The normalized spacial score (nSPS) is 12.6. The molecule has 6 nitrogen and oxygen atoms in total. The molecule has 1 aromatic carbocycles. The Labute approximate surface area is 180 Å². The molecule has 1 aromatic rings. The summed E-state index contributed by atoms with van der Waals surface area (Å²) in [5.74, 6) is 6.53. The van der Waals surface area contributed by atoms with Gasteiger partial charge >= 0.3 is 5.97 Å². The smallest absolute Gasteiger partial charge is 0.384 e. The lowest BCUT2D eigenvalue weighted by Gasteiger charge is -2.22. The molecule has 2 atom stereocenters. The summed E-state index contributed by atoms with van der Waals surface area (Å²) in [5, 5.41) is 10.1. The van der Waals surface area contributed by atoms with E-state index in [1.807, 2.05) is 18.2 Å². The van der Waals surface area contributed by atoms with Crippen molar-refractivity contribution in [1.82, 2.24) is 0 Å². The Morgan fingerprint density at radius 1 is 1.13 bits per heavy atom. The van der Waals surface area contributed by atoms with Crippen LogP contribution in [0.2, 0.25) is 0 Å². The maximum Gasteiger partial charge on any atom is 0.384 e. The lowest BCUT2D eigenvalue weighted by molar-refractivity contribution is -0.136. The van der Waals surface area contributed by atoms with E-state index in [0.717, 1.165) is 30.6 Å². The molecule has 0 amide bonds. The number of carbonyl (C=O) groups excluding carboxylic acids is 1. The molecular formula is C24H36O6. The number of ether oxygens (including phenoxy) is 4. The molecule has 30 heavy (non-hydrogen) atoms. The molecule has 1 N–H and O–H groups in total. The van der Waals surface area contributed by atoms with Gasteiger partial charge in [0.1, 0.15) is 6.10 Å². The summed E-state index contributed by atoms with van der Waals surface area (Å²) in [7, 11) is 3.30. The van der Waals surface area contributed by atoms with Gasteiger partial charge in [0.15, 0.2) is 11.5 Å². The van der Waals surface area contributed by atoms with E-state index in [2.05, 4.69) is 25.7 Å². The average Bonchev–Trinajstić information content (AvgIpc) is 2.72. The van der Waals surface area contributed by atoms with Crippen LogP contribution < -0.4 is 9.47 Å². The van der Waals surface area contributed by atoms with Gasteiger partial charge in [-0.25, -0.2) is 4.79 Å². The van der Waals surface area contributed by atoms with E-state index in [9.17, 15) is 9.90 Å². The second-order valence-corrected chi connectivity index (χ2v) is 7.47. The topological polar surface area (TPSA) is 74.2 Å². The Kier molecular flexibility index (Phi) is 12.6. The molecule has 0 saturated carbocycles. The predicted molar refractivity (Wildman–Crippen MR) is 117 cm³/mol. The summed E-state index contributed by atoms with van der Waals surface area (Å²) in [6.45, 7) is 7.56. The van der Waals surface area contributed by atoms with E-state index < -0.39 is 12.1 Å². The van der Waals surface area contributed by atoms with Crippen molar-refractivity contribution >= 4 is 5.97 Å². The van der Waals surface area contributed by atoms with E-state index in [1.165, 1.54) is 0 Å². The minimum absolute atomic E-state index is 0.277. The quantitative estimate of drug-likeness (QED) is 0.227. The lowest BCUT2D eigenvalue weighted by atomic mass is 9.85. The zero-order valence-electron chi connectivity index (χ0n) is 18.9. The molecule has 0 aromatic heterocycles. The zero-order valence-corrected chi connectivity index (χ0v) is 18.9. The van der Waals surface area contributed by atoms with Gasteiger partial charge in [0, 0.05) is 26.1 Å². The van der Waals surface area contributed by atoms with E-state index in [1.54, 1.807) is 21.1 Å². The van der Waals surface area contributed by atoms with Crippen molar-refractivity contribution in [3.05, 3.63) is 23.8 Å². The van der Waals surface area contributed by atoms with Crippen molar-refractivity contribution in [1.29, 1.82) is 0 Å². The maximum absolute atomic E-state index is 11.3. The highest BCUT2D eigenvalue weighted by molar-refractivity contribution is 5.88. The van der Waals surface area contributed by atoms with Crippen molar-refractivity contribution < 1.29 is 28.8 Å². The van der Waals surface area contributed by atoms with E-state index in [0.29, 0.717) is 37.2 Å². The van der Waals surface area contributed by atoms with Gasteiger partial charge in [0.05, 0.1) is 20.3 Å². The average molecular weight is 421 g/mol. The summed E-state index contributed by atoms with van der Waals surface area (Å²) in [6, 6.07) is 6.00. The van der Waals surface area contributed by atoms with Crippen LogP contribution in [0, 0.1) is 23.7 Å². The molecular weight excluding hydrogens is 384 g/mol. The maximum atomic E-state index is 11.3. The lowest BCUT2D eigenvalue weighted by Crippen LogP contribution is -2.16. The first-order valence-corrected chi connectivity index (χ1v) is 10.6. The molecule has 6 heteroatoms. The third kappa shape index (κ3) is 10.00. The third-order valence-electron chi connectivity index (χ3n) is 4.85. The fraction of sp³-hybridized carbons (Fsp3) is 0.625. The summed E-state index contributed by atoms with van der Waals surface area (Å²) < 4.78 is 21.1. The Hall–Kier alpha value is -2.23. The summed E-state index contributed by atoms with van der Waals surface area (Å²) in [4.78, 5) is 11.3. The molecule has 168 valence electrons. The van der Waals surface area contributed by atoms with Crippen LogP contribution in [-0.2, 0) is 20.7 Å². The van der Waals surface area contributed by atoms with Crippen LogP contribution in [0.3, 0.4) is 0 Å². The van der Waals surface area contributed by atoms with Crippen molar-refractivity contribution in [3.63, 3.8) is 0 Å². The number of esters is 1. The van der Waals surface area contributed by atoms with Crippen LogP contribution in [0.15, 0.2) is 18.2 Å². The summed E-state index contributed by atoms with van der Waals surface area (Å²) >= 11 is 0. The highest BCUT2D eigenvalue weighted by Gasteiger charge is 2.17. The molecule has 0 aliphatic heterocycles. The number of aliphatic hydroxyl groups excluding tert-OH is 1. The largest absolute Gasteiger partial charge is 0.493 e. The number of carbonyl (C=O) groups is 1. The van der Waals surface area contributed by atoms with Crippen LogP contribution in [0.4, 0.5) is 0 Å². The van der Waals surface area contributed by atoms with Gasteiger partial charge in [-0.15, -0.1) is 0 Å². The molecule has 0 aliphatic carbocycles. The molecule has 0 saturated heterocycles. The SMILES string of the molecule is CCOC(=O)C#CC(O)CCC(Cc1ccc(OC)c(OCCCOC)c1)C(C)C. The molecule has 0 radical (unpaired) electrons. The van der Waals surface area contributed by atoms with Crippen LogP contribution in [0.25, 0.3) is 0 Å². The highest BCUT2D eigenvalue weighted by Crippen LogP contribution is 2.31.